The van der Waals surface area contributed by atoms with Gasteiger partial charge in [-0.1, -0.05) is 29.8 Å². The third-order valence-corrected chi connectivity index (χ3v) is 3.33. The van der Waals surface area contributed by atoms with Crippen LogP contribution in [0.15, 0.2) is 47.6 Å². The molecule has 0 aliphatic heterocycles. The van der Waals surface area contributed by atoms with E-state index >= 15 is 0 Å². The Morgan fingerprint density at radius 2 is 1.86 bits per heavy atom. The van der Waals surface area contributed by atoms with Gasteiger partial charge < -0.3 is 10.6 Å². The maximum atomic E-state index is 4.28. The van der Waals surface area contributed by atoms with Gasteiger partial charge in [-0.15, -0.1) is 24.0 Å². The number of nitrogens with one attached hydrogen (secondary N) is 2. The first kappa shape index (κ1) is 18.4. The molecule has 0 unspecified atom stereocenters. The molecule has 0 saturated carbocycles. The van der Waals surface area contributed by atoms with Crippen LogP contribution in [-0.4, -0.2) is 18.0 Å². The number of aromatic nitrogens is 1. The van der Waals surface area contributed by atoms with Crippen LogP contribution in [-0.2, 0) is 13.1 Å². The largest absolute Gasteiger partial charge is 0.352 e. The molecular weight excluding hydrogens is 387 g/mol. The number of aliphatic imine (C=N–C) groups is 1. The van der Waals surface area contributed by atoms with Crippen molar-refractivity contribution in [2.45, 2.75) is 26.9 Å². The zero-order valence-corrected chi connectivity index (χ0v) is 15.6. The maximum Gasteiger partial charge on any atom is 0.191 e. The Kier molecular flexibility index (Phi) is 7.87. The number of aryl methyl sites for hydroxylation is 2. The maximum absolute atomic E-state index is 4.28. The van der Waals surface area contributed by atoms with Gasteiger partial charge in [0.15, 0.2) is 5.96 Å². The van der Waals surface area contributed by atoms with Crippen molar-refractivity contribution in [3.8, 4) is 0 Å². The summed E-state index contributed by atoms with van der Waals surface area (Å²) in [6, 6.07) is 12.4. The molecule has 0 aliphatic carbocycles. The van der Waals surface area contributed by atoms with Gasteiger partial charge >= 0.3 is 0 Å². The van der Waals surface area contributed by atoms with Gasteiger partial charge in [-0.3, -0.25) is 9.98 Å². The number of hydrogen-bond acceptors (Lipinski definition) is 2. The Bertz CT molecular complexity index is 611. The van der Waals surface area contributed by atoms with Gasteiger partial charge in [0.1, 0.15) is 0 Å². The number of guanidine groups is 1. The van der Waals surface area contributed by atoms with Crippen LogP contribution in [0.3, 0.4) is 0 Å². The second-order valence-electron chi connectivity index (χ2n) is 5.03. The summed E-state index contributed by atoms with van der Waals surface area (Å²) in [5.41, 5.74) is 4.85. The Balaban J connectivity index is 0.00000242. The number of nitrogens with zero attached hydrogens (tertiary/aromatic N) is 2. The highest BCUT2D eigenvalue weighted by Gasteiger charge is 2.02. The average Bonchev–Trinajstić information content (AvgIpc) is 2.50. The smallest absolute Gasteiger partial charge is 0.191 e. The van der Waals surface area contributed by atoms with Gasteiger partial charge in [0.25, 0.3) is 0 Å². The Labute approximate surface area is 149 Å². The van der Waals surface area contributed by atoms with Crippen molar-refractivity contribution in [3.63, 3.8) is 0 Å². The Hall–Kier alpha value is -1.63. The third-order valence-electron chi connectivity index (χ3n) is 3.33. The number of rotatable bonds is 4. The zero-order valence-electron chi connectivity index (χ0n) is 13.3. The predicted octanol–water partition coefficient (Wildman–Crippen LogP) is 3.18. The Morgan fingerprint density at radius 3 is 2.50 bits per heavy atom. The zero-order chi connectivity index (χ0) is 15.1. The minimum atomic E-state index is 0. The van der Waals surface area contributed by atoms with Gasteiger partial charge in [0, 0.05) is 19.8 Å². The minimum Gasteiger partial charge on any atom is -0.352 e. The molecule has 2 rings (SSSR count). The summed E-state index contributed by atoms with van der Waals surface area (Å²) in [6.07, 6.45) is 1.79. The molecule has 0 amide bonds. The number of hydrogen-bond donors (Lipinski definition) is 2. The van der Waals surface area contributed by atoms with Gasteiger partial charge in [0.2, 0.25) is 0 Å². The monoisotopic (exact) mass is 410 g/mol. The van der Waals surface area contributed by atoms with E-state index in [1.165, 1.54) is 16.7 Å². The summed E-state index contributed by atoms with van der Waals surface area (Å²) in [7, 11) is 1.77. The van der Waals surface area contributed by atoms with E-state index in [2.05, 4.69) is 52.7 Å². The lowest BCUT2D eigenvalue weighted by molar-refractivity contribution is 0.792. The molecule has 0 atom stereocenters. The Morgan fingerprint density at radius 1 is 1.09 bits per heavy atom. The first-order valence-corrected chi connectivity index (χ1v) is 7.09. The van der Waals surface area contributed by atoms with E-state index in [1.807, 2.05) is 18.2 Å². The second kappa shape index (κ2) is 9.40. The fraction of sp³-hybridized carbons (Fsp3) is 0.294. The second-order valence-corrected chi connectivity index (χ2v) is 5.03. The quantitative estimate of drug-likeness (QED) is 0.463. The molecule has 118 valence electrons. The molecule has 0 saturated heterocycles. The van der Waals surface area contributed by atoms with Crippen molar-refractivity contribution < 1.29 is 0 Å². The summed E-state index contributed by atoms with van der Waals surface area (Å²) in [5.74, 6) is 0.778. The lowest BCUT2D eigenvalue weighted by atomic mass is 10.1. The summed E-state index contributed by atoms with van der Waals surface area (Å²) < 4.78 is 0. The highest BCUT2D eigenvalue weighted by molar-refractivity contribution is 14.0. The van der Waals surface area contributed by atoms with Gasteiger partial charge in [0.05, 0.1) is 12.2 Å². The van der Waals surface area contributed by atoms with E-state index in [9.17, 15) is 0 Å². The molecule has 1 aromatic carbocycles. The van der Waals surface area contributed by atoms with Crippen LogP contribution in [0.5, 0.6) is 0 Å². The molecule has 2 N–H and O–H groups in total. The summed E-state index contributed by atoms with van der Waals surface area (Å²) in [4.78, 5) is 8.51. The van der Waals surface area contributed by atoms with Crippen LogP contribution in [0.4, 0.5) is 0 Å². The van der Waals surface area contributed by atoms with Gasteiger partial charge in [-0.05, 0) is 37.1 Å². The summed E-state index contributed by atoms with van der Waals surface area (Å²) in [5, 5.41) is 6.59. The molecule has 1 aromatic heterocycles. The van der Waals surface area contributed by atoms with E-state index in [1.54, 1.807) is 13.2 Å². The third kappa shape index (κ3) is 5.63. The van der Waals surface area contributed by atoms with E-state index in [0.29, 0.717) is 6.54 Å². The normalized spacial score (nSPS) is 10.8. The van der Waals surface area contributed by atoms with Crippen LogP contribution in [0.2, 0.25) is 0 Å². The lowest BCUT2D eigenvalue weighted by Crippen LogP contribution is -2.36. The topological polar surface area (TPSA) is 49.3 Å². The molecule has 2 aromatic rings. The summed E-state index contributed by atoms with van der Waals surface area (Å²) in [6.45, 7) is 5.66. The van der Waals surface area contributed by atoms with E-state index in [4.69, 9.17) is 0 Å². The molecule has 0 bridgehead atoms. The number of benzene rings is 1. The molecule has 0 fully saturated rings. The first-order valence-electron chi connectivity index (χ1n) is 7.09. The predicted molar refractivity (Wildman–Crippen MR) is 103 cm³/mol. The molecule has 0 spiro atoms. The van der Waals surface area contributed by atoms with Crippen LogP contribution < -0.4 is 10.6 Å². The SMILES string of the molecule is CN=C(NCc1ccccn1)NCc1ccc(C)cc1C.I. The highest BCUT2D eigenvalue weighted by atomic mass is 127. The van der Waals surface area contributed by atoms with Crippen LogP contribution in [0, 0.1) is 13.8 Å². The van der Waals surface area contributed by atoms with Crippen LogP contribution >= 0.6 is 24.0 Å². The highest BCUT2D eigenvalue weighted by Crippen LogP contribution is 2.09. The summed E-state index contributed by atoms with van der Waals surface area (Å²) >= 11 is 0. The van der Waals surface area contributed by atoms with Crippen LogP contribution in [0.1, 0.15) is 22.4 Å². The fourth-order valence-electron chi connectivity index (χ4n) is 2.12. The number of halogens is 1. The minimum absolute atomic E-state index is 0. The molecule has 1 heterocycles. The molecule has 4 nitrogen and oxygen atoms in total. The van der Waals surface area contributed by atoms with E-state index < -0.39 is 0 Å². The number of pyridine rings is 1. The van der Waals surface area contributed by atoms with Crippen molar-refractivity contribution in [2.24, 2.45) is 4.99 Å². The van der Waals surface area contributed by atoms with Crippen LogP contribution in [0.25, 0.3) is 0 Å². The van der Waals surface area contributed by atoms with Gasteiger partial charge in [-0.2, -0.15) is 0 Å². The van der Waals surface area contributed by atoms with Crippen molar-refractivity contribution in [3.05, 3.63) is 65.0 Å². The first-order chi connectivity index (χ1) is 10.2. The van der Waals surface area contributed by atoms with Crippen molar-refractivity contribution in [1.82, 2.24) is 15.6 Å². The van der Waals surface area contributed by atoms with Crippen molar-refractivity contribution in [1.29, 1.82) is 0 Å². The molecule has 0 radical (unpaired) electrons. The molecule has 22 heavy (non-hydrogen) atoms. The van der Waals surface area contributed by atoms with E-state index in [-0.39, 0.29) is 24.0 Å². The fourth-order valence-corrected chi connectivity index (χ4v) is 2.12. The van der Waals surface area contributed by atoms with Gasteiger partial charge in [-0.25, -0.2) is 0 Å². The molecule has 5 heteroatoms. The van der Waals surface area contributed by atoms with Crippen molar-refractivity contribution in [2.75, 3.05) is 7.05 Å². The molecule has 0 aliphatic rings. The van der Waals surface area contributed by atoms with Crippen molar-refractivity contribution >= 4 is 29.9 Å². The van der Waals surface area contributed by atoms with E-state index in [0.717, 1.165) is 18.2 Å². The standard InChI is InChI=1S/C17H22N4.HI/c1-13-7-8-15(14(2)10-13)11-20-17(18-3)21-12-16-6-4-5-9-19-16;/h4-10H,11-12H2,1-3H3,(H2,18,20,21);1H. The lowest BCUT2D eigenvalue weighted by Gasteiger charge is -2.13. The average molecular weight is 410 g/mol. The molecular formula is C17H23IN4.